The molecule has 0 aliphatic heterocycles. The van der Waals surface area contributed by atoms with Crippen molar-refractivity contribution in [3.8, 4) is 5.69 Å². The molecule has 4 rings (SSSR count). The average Bonchev–Trinajstić information content (AvgIpc) is 3.07. The number of carbonyl (C=O) groups excluding carboxylic acids is 1. The van der Waals surface area contributed by atoms with E-state index in [1.54, 1.807) is 12.1 Å². The first-order valence-electron chi connectivity index (χ1n) is 10.0. The summed E-state index contributed by atoms with van der Waals surface area (Å²) in [4.78, 5) is 21.3. The zero-order valence-electron chi connectivity index (χ0n) is 17.6. The number of amides is 1. The van der Waals surface area contributed by atoms with Crippen molar-refractivity contribution in [3.05, 3.63) is 77.0 Å². The van der Waals surface area contributed by atoms with E-state index >= 15 is 0 Å². The van der Waals surface area contributed by atoms with E-state index in [4.69, 9.17) is 0 Å². The summed E-state index contributed by atoms with van der Waals surface area (Å²) in [6.07, 6.45) is 0. The zero-order chi connectivity index (χ0) is 22.0. The molecule has 2 aromatic carbocycles. The number of carbonyl (C=O) groups is 1. The minimum absolute atomic E-state index is 0.0260. The quantitative estimate of drug-likeness (QED) is 0.466. The molecular weight excluding hydrogens is 395 g/mol. The van der Waals surface area contributed by atoms with Gasteiger partial charge in [0.15, 0.2) is 5.65 Å². The van der Waals surface area contributed by atoms with Crippen LogP contribution in [0, 0.1) is 26.6 Å². The van der Waals surface area contributed by atoms with Gasteiger partial charge in [-0.05, 0) is 50.6 Å². The Hall–Kier alpha value is -3.81. The Morgan fingerprint density at radius 1 is 1.03 bits per heavy atom. The number of rotatable bonds is 6. The largest absolute Gasteiger partial charge is 0.368 e. The second-order valence-corrected chi connectivity index (χ2v) is 7.32. The molecule has 0 atom stereocenters. The number of benzene rings is 2. The molecule has 0 fully saturated rings. The highest BCUT2D eigenvalue weighted by Crippen LogP contribution is 2.26. The molecule has 2 aromatic heterocycles. The fourth-order valence-corrected chi connectivity index (χ4v) is 3.46. The average molecular weight is 418 g/mol. The molecule has 0 saturated carbocycles. The van der Waals surface area contributed by atoms with Gasteiger partial charge in [-0.3, -0.25) is 4.79 Å². The maximum absolute atomic E-state index is 13.7. The highest BCUT2D eigenvalue weighted by Gasteiger charge is 2.17. The first-order valence-corrected chi connectivity index (χ1v) is 10.0. The van der Waals surface area contributed by atoms with Gasteiger partial charge >= 0.3 is 0 Å². The summed E-state index contributed by atoms with van der Waals surface area (Å²) in [5, 5.41) is 11.5. The molecule has 2 N–H and O–H groups in total. The molecule has 7 nitrogen and oxygen atoms in total. The summed E-state index contributed by atoms with van der Waals surface area (Å²) in [5.74, 6) is 0.269. The van der Waals surface area contributed by atoms with Gasteiger partial charge in [0.05, 0.1) is 22.3 Å². The molecule has 0 unspecified atom stereocenters. The van der Waals surface area contributed by atoms with Crippen LogP contribution in [0.2, 0.25) is 0 Å². The summed E-state index contributed by atoms with van der Waals surface area (Å²) >= 11 is 0. The van der Waals surface area contributed by atoms with Crippen molar-refractivity contribution in [3.63, 3.8) is 0 Å². The van der Waals surface area contributed by atoms with E-state index in [-0.39, 0.29) is 5.56 Å². The predicted molar refractivity (Wildman–Crippen MR) is 118 cm³/mol. The number of nitrogens with zero attached hydrogens (tertiary/aromatic N) is 4. The van der Waals surface area contributed by atoms with Crippen LogP contribution in [-0.2, 0) is 0 Å². The zero-order valence-corrected chi connectivity index (χ0v) is 17.6. The van der Waals surface area contributed by atoms with Crippen molar-refractivity contribution in [2.45, 2.75) is 20.8 Å². The summed E-state index contributed by atoms with van der Waals surface area (Å²) < 4.78 is 15.6. The SMILES string of the molecule is Cc1cccc(-n2nc(C)c3c(NCCNC(=O)c4ccccc4F)nc(C)nc32)c1. The molecule has 0 spiro atoms. The Balaban J connectivity index is 1.53. The third-order valence-corrected chi connectivity index (χ3v) is 4.88. The van der Waals surface area contributed by atoms with Crippen LogP contribution in [0.15, 0.2) is 48.5 Å². The van der Waals surface area contributed by atoms with Gasteiger partial charge in [0, 0.05) is 13.1 Å². The number of hydrogen-bond acceptors (Lipinski definition) is 5. The monoisotopic (exact) mass is 418 g/mol. The number of nitrogens with one attached hydrogen (secondary N) is 2. The van der Waals surface area contributed by atoms with Crippen molar-refractivity contribution in [1.82, 2.24) is 25.1 Å². The van der Waals surface area contributed by atoms with Gasteiger partial charge in [-0.15, -0.1) is 0 Å². The lowest BCUT2D eigenvalue weighted by Gasteiger charge is -2.10. The van der Waals surface area contributed by atoms with E-state index in [2.05, 4.69) is 31.8 Å². The fraction of sp³-hybridized carbons (Fsp3) is 0.217. The lowest BCUT2D eigenvalue weighted by molar-refractivity contribution is 0.0951. The van der Waals surface area contributed by atoms with Crippen LogP contribution in [0.4, 0.5) is 10.2 Å². The van der Waals surface area contributed by atoms with Crippen LogP contribution in [0.3, 0.4) is 0 Å². The number of anilines is 1. The maximum Gasteiger partial charge on any atom is 0.254 e. The maximum atomic E-state index is 13.7. The first-order chi connectivity index (χ1) is 14.9. The summed E-state index contributed by atoms with van der Waals surface area (Å²) in [6.45, 7) is 6.50. The van der Waals surface area contributed by atoms with Gasteiger partial charge < -0.3 is 10.6 Å². The molecule has 158 valence electrons. The second-order valence-electron chi connectivity index (χ2n) is 7.32. The number of fused-ring (bicyclic) bond motifs is 1. The lowest BCUT2D eigenvalue weighted by atomic mass is 10.2. The Kier molecular flexibility index (Phi) is 5.62. The van der Waals surface area contributed by atoms with Crippen molar-refractivity contribution < 1.29 is 9.18 Å². The Labute approximate surface area is 179 Å². The Morgan fingerprint density at radius 2 is 1.84 bits per heavy atom. The molecule has 31 heavy (non-hydrogen) atoms. The summed E-state index contributed by atoms with van der Waals surface area (Å²) in [5.41, 5.74) is 3.61. The smallest absolute Gasteiger partial charge is 0.254 e. The van der Waals surface area contributed by atoms with Crippen LogP contribution in [0.25, 0.3) is 16.7 Å². The predicted octanol–water partition coefficient (Wildman–Crippen LogP) is 3.72. The molecule has 0 radical (unpaired) electrons. The second kappa shape index (κ2) is 8.51. The third-order valence-electron chi connectivity index (χ3n) is 4.88. The van der Waals surface area contributed by atoms with Crippen LogP contribution >= 0.6 is 0 Å². The molecule has 0 aliphatic carbocycles. The van der Waals surface area contributed by atoms with E-state index in [1.165, 1.54) is 12.1 Å². The highest BCUT2D eigenvalue weighted by molar-refractivity contribution is 5.94. The molecule has 8 heteroatoms. The number of hydrogen-bond donors (Lipinski definition) is 2. The third kappa shape index (κ3) is 4.23. The molecule has 2 heterocycles. The normalized spacial score (nSPS) is 11.0. The molecule has 0 aliphatic rings. The number of aromatic nitrogens is 4. The minimum Gasteiger partial charge on any atom is -0.368 e. The van der Waals surface area contributed by atoms with Crippen molar-refractivity contribution >= 4 is 22.8 Å². The number of halogens is 1. The van der Waals surface area contributed by atoms with E-state index in [9.17, 15) is 9.18 Å². The Bertz CT molecular complexity index is 1270. The minimum atomic E-state index is -0.541. The lowest BCUT2D eigenvalue weighted by Crippen LogP contribution is -2.29. The van der Waals surface area contributed by atoms with E-state index < -0.39 is 11.7 Å². The van der Waals surface area contributed by atoms with Crippen LogP contribution < -0.4 is 10.6 Å². The van der Waals surface area contributed by atoms with Gasteiger partial charge in [0.1, 0.15) is 17.5 Å². The van der Waals surface area contributed by atoms with E-state index in [1.807, 2.05) is 43.7 Å². The fourth-order valence-electron chi connectivity index (χ4n) is 3.46. The van der Waals surface area contributed by atoms with E-state index in [0.29, 0.717) is 30.4 Å². The van der Waals surface area contributed by atoms with E-state index in [0.717, 1.165) is 22.3 Å². The molecule has 4 aromatic rings. The Morgan fingerprint density at radius 3 is 2.61 bits per heavy atom. The van der Waals surface area contributed by atoms with Crippen molar-refractivity contribution in [2.24, 2.45) is 0 Å². The van der Waals surface area contributed by atoms with Crippen molar-refractivity contribution in [1.29, 1.82) is 0 Å². The highest BCUT2D eigenvalue weighted by atomic mass is 19.1. The molecule has 1 amide bonds. The van der Waals surface area contributed by atoms with Gasteiger partial charge in [-0.1, -0.05) is 24.3 Å². The molecule has 0 saturated heterocycles. The van der Waals surface area contributed by atoms with Crippen LogP contribution in [0.1, 0.15) is 27.4 Å². The summed E-state index contributed by atoms with van der Waals surface area (Å²) in [7, 11) is 0. The van der Waals surface area contributed by atoms with Crippen LogP contribution in [0.5, 0.6) is 0 Å². The van der Waals surface area contributed by atoms with Gasteiger partial charge in [0.2, 0.25) is 0 Å². The van der Waals surface area contributed by atoms with Gasteiger partial charge in [-0.25, -0.2) is 19.0 Å². The topological polar surface area (TPSA) is 84.7 Å². The van der Waals surface area contributed by atoms with Crippen LogP contribution in [-0.4, -0.2) is 38.7 Å². The van der Waals surface area contributed by atoms with Gasteiger partial charge in [0.25, 0.3) is 5.91 Å². The van der Waals surface area contributed by atoms with Crippen molar-refractivity contribution in [2.75, 3.05) is 18.4 Å². The summed E-state index contributed by atoms with van der Waals surface area (Å²) in [6, 6.07) is 14.0. The number of aryl methyl sites for hydroxylation is 3. The molecule has 0 bridgehead atoms. The molecular formula is C23H23FN6O. The first kappa shape index (κ1) is 20.5. The van der Waals surface area contributed by atoms with Gasteiger partial charge in [-0.2, -0.15) is 5.10 Å². The standard InChI is InChI=1S/C23H23FN6O/c1-14-7-6-8-17(13-14)30-22-20(15(2)29-30)21(27-16(3)28-22)25-11-12-26-23(31)18-9-4-5-10-19(18)24/h4-10,13H,11-12H2,1-3H3,(H,26,31)(H,25,27,28).